The van der Waals surface area contributed by atoms with Crippen LogP contribution in [0.15, 0.2) is 34.9 Å². The molecule has 0 saturated heterocycles. The van der Waals surface area contributed by atoms with Crippen molar-refractivity contribution in [1.29, 1.82) is 0 Å². The summed E-state index contributed by atoms with van der Waals surface area (Å²) in [6.07, 6.45) is 1.39. The van der Waals surface area contributed by atoms with Crippen LogP contribution >= 0.6 is 15.9 Å². The van der Waals surface area contributed by atoms with Crippen molar-refractivity contribution in [2.75, 3.05) is 0 Å². The number of nitrogens with zero attached hydrogens (tertiary/aromatic N) is 1. The van der Waals surface area contributed by atoms with Crippen LogP contribution in [0.1, 0.15) is 0 Å². The summed E-state index contributed by atoms with van der Waals surface area (Å²) in [5, 5.41) is 15.9. The van der Waals surface area contributed by atoms with Gasteiger partial charge in [-0.3, -0.25) is 5.10 Å². The van der Waals surface area contributed by atoms with Crippen molar-refractivity contribution in [2.24, 2.45) is 0 Å². The summed E-state index contributed by atoms with van der Waals surface area (Å²) in [6, 6.07) is 7.64. The van der Waals surface area contributed by atoms with Gasteiger partial charge in [-0.15, -0.1) is 0 Å². The lowest BCUT2D eigenvalue weighted by Gasteiger charge is -1.98. The maximum Gasteiger partial charge on any atom is 0.161 e. The first-order valence-corrected chi connectivity index (χ1v) is 4.55. The number of hydrogen-bond donors (Lipinski definition) is 2. The van der Waals surface area contributed by atoms with Crippen molar-refractivity contribution in [2.45, 2.75) is 0 Å². The molecule has 0 aliphatic carbocycles. The van der Waals surface area contributed by atoms with Crippen LogP contribution in [0.5, 0.6) is 5.75 Å². The average Bonchev–Trinajstić information content (AvgIpc) is 2.51. The number of aromatic amines is 1. The zero-order chi connectivity index (χ0) is 9.26. The fourth-order valence-electron chi connectivity index (χ4n) is 1.14. The van der Waals surface area contributed by atoms with E-state index in [2.05, 4.69) is 26.1 Å². The second kappa shape index (κ2) is 3.22. The Morgan fingerprint density at radius 1 is 1.38 bits per heavy atom. The quantitative estimate of drug-likeness (QED) is 0.803. The molecule has 0 radical (unpaired) electrons. The second-order valence-electron chi connectivity index (χ2n) is 2.64. The summed E-state index contributed by atoms with van der Waals surface area (Å²) in [7, 11) is 0. The van der Waals surface area contributed by atoms with Gasteiger partial charge in [-0.2, -0.15) is 5.10 Å². The van der Waals surface area contributed by atoms with Crippen LogP contribution < -0.4 is 0 Å². The summed E-state index contributed by atoms with van der Waals surface area (Å²) in [5.41, 5.74) is 1.55. The van der Waals surface area contributed by atoms with Crippen LogP contribution in [0.4, 0.5) is 0 Å². The Kier molecular flexibility index (Phi) is 2.06. The Morgan fingerprint density at radius 3 is 2.85 bits per heavy atom. The average molecular weight is 239 g/mol. The molecule has 2 rings (SSSR count). The summed E-state index contributed by atoms with van der Waals surface area (Å²) in [4.78, 5) is 0. The molecule has 0 spiro atoms. The lowest BCUT2D eigenvalue weighted by atomic mass is 10.1. The molecule has 1 heterocycles. The smallest absolute Gasteiger partial charge is 0.161 e. The van der Waals surface area contributed by atoms with E-state index in [4.69, 9.17) is 0 Å². The fraction of sp³-hybridized carbons (Fsp3) is 0. The second-order valence-corrected chi connectivity index (χ2v) is 3.56. The van der Waals surface area contributed by atoms with Gasteiger partial charge in [0, 0.05) is 10.0 Å². The SMILES string of the molecule is Oc1cn[nH]c1-c1cccc(Br)c1. The molecule has 1 aromatic carbocycles. The summed E-state index contributed by atoms with van der Waals surface area (Å²) >= 11 is 3.36. The van der Waals surface area contributed by atoms with E-state index in [0.717, 1.165) is 10.0 Å². The highest BCUT2D eigenvalue weighted by Gasteiger charge is 2.05. The number of benzene rings is 1. The molecule has 4 heteroatoms. The van der Waals surface area contributed by atoms with E-state index in [0.29, 0.717) is 5.69 Å². The van der Waals surface area contributed by atoms with Crippen molar-refractivity contribution in [3.63, 3.8) is 0 Å². The van der Waals surface area contributed by atoms with E-state index in [-0.39, 0.29) is 5.75 Å². The Bertz CT molecular complexity index is 425. The van der Waals surface area contributed by atoms with Crippen molar-refractivity contribution in [1.82, 2.24) is 10.2 Å². The van der Waals surface area contributed by atoms with Gasteiger partial charge in [0.15, 0.2) is 5.75 Å². The third kappa shape index (κ3) is 1.58. The van der Waals surface area contributed by atoms with Crippen LogP contribution in [0, 0.1) is 0 Å². The molecule has 3 nitrogen and oxygen atoms in total. The normalized spacial score (nSPS) is 10.2. The minimum absolute atomic E-state index is 0.165. The van der Waals surface area contributed by atoms with E-state index >= 15 is 0 Å². The highest BCUT2D eigenvalue weighted by Crippen LogP contribution is 2.27. The molecule has 0 aliphatic rings. The van der Waals surface area contributed by atoms with E-state index in [1.165, 1.54) is 6.20 Å². The first-order chi connectivity index (χ1) is 6.27. The van der Waals surface area contributed by atoms with E-state index in [1.54, 1.807) is 0 Å². The third-order valence-electron chi connectivity index (χ3n) is 1.73. The van der Waals surface area contributed by atoms with E-state index < -0.39 is 0 Å². The largest absolute Gasteiger partial charge is 0.504 e. The van der Waals surface area contributed by atoms with E-state index in [9.17, 15) is 5.11 Å². The molecule has 2 N–H and O–H groups in total. The van der Waals surface area contributed by atoms with E-state index in [1.807, 2.05) is 24.3 Å². The predicted molar refractivity (Wildman–Crippen MR) is 53.4 cm³/mol. The molecule has 2 aromatic rings. The lowest BCUT2D eigenvalue weighted by Crippen LogP contribution is -1.78. The van der Waals surface area contributed by atoms with Gasteiger partial charge in [0.2, 0.25) is 0 Å². The maximum atomic E-state index is 9.39. The third-order valence-corrected chi connectivity index (χ3v) is 2.23. The number of aromatic nitrogens is 2. The van der Waals surface area contributed by atoms with Gasteiger partial charge in [0.1, 0.15) is 5.69 Å². The van der Waals surface area contributed by atoms with Gasteiger partial charge in [-0.05, 0) is 12.1 Å². The number of H-pyrrole nitrogens is 1. The predicted octanol–water partition coefficient (Wildman–Crippen LogP) is 2.54. The van der Waals surface area contributed by atoms with Crippen molar-refractivity contribution >= 4 is 15.9 Å². The van der Waals surface area contributed by atoms with Crippen molar-refractivity contribution < 1.29 is 5.11 Å². The molecular formula is C9H7BrN2O. The van der Waals surface area contributed by atoms with Gasteiger partial charge in [0.25, 0.3) is 0 Å². The van der Waals surface area contributed by atoms with Crippen LogP contribution in [0.2, 0.25) is 0 Å². The first-order valence-electron chi connectivity index (χ1n) is 3.75. The lowest BCUT2D eigenvalue weighted by molar-refractivity contribution is 0.477. The summed E-state index contributed by atoms with van der Waals surface area (Å²) in [6.45, 7) is 0. The Morgan fingerprint density at radius 2 is 2.23 bits per heavy atom. The van der Waals surface area contributed by atoms with Gasteiger partial charge < -0.3 is 5.11 Å². The molecule has 0 bridgehead atoms. The molecule has 0 amide bonds. The molecule has 0 saturated carbocycles. The van der Waals surface area contributed by atoms with Crippen LogP contribution in [-0.4, -0.2) is 15.3 Å². The number of rotatable bonds is 1. The number of halogens is 1. The monoisotopic (exact) mass is 238 g/mol. The maximum absolute atomic E-state index is 9.39. The standard InChI is InChI=1S/C9H7BrN2O/c10-7-3-1-2-6(4-7)9-8(13)5-11-12-9/h1-5,13H,(H,11,12). The van der Waals surface area contributed by atoms with Gasteiger partial charge >= 0.3 is 0 Å². The molecule has 13 heavy (non-hydrogen) atoms. The molecule has 1 aromatic heterocycles. The van der Waals surface area contributed by atoms with Crippen LogP contribution in [-0.2, 0) is 0 Å². The number of aromatic hydroxyl groups is 1. The molecule has 0 unspecified atom stereocenters. The molecule has 66 valence electrons. The minimum Gasteiger partial charge on any atom is -0.504 e. The Labute approximate surface area is 83.5 Å². The molecule has 0 aliphatic heterocycles. The minimum atomic E-state index is 0.165. The first kappa shape index (κ1) is 8.31. The Hall–Kier alpha value is -1.29. The fourth-order valence-corrected chi connectivity index (χ4v) is 1.54. The summed E-state index contributed by atoms with van der Waals surface area (Å²) < 4.78 is 0.971. The molecule has 0 fully saturated rings. The van der Waals surface area contributed by atoms with Crippen molar-refractivity contribution in [3.05, 3.63) is 34.9 Å². The zero-order valence-electron chi connectivity index (χ0n) is 6.66. The summed E-state index contributed by atoms with van der Waals surface area (Å²) in [5.74, 6) is 0.165. The van der Waals surface area contributed by atoms with Gasteiger partial charge in [-0.25, -0.2) is 0 Å². The topological polar surface area (TPSA) is 48.9 Å². The number of nitrogens with one attached hydrogen (secondary N) is 1. The zero-order valence-corrected chi connectivity index (χ0v) is 8.25. The van der Waals surface area contributed by atoms with Gasteiger partial charge in [0.05, 0.1) is 6.20 Å². The van der Waals surface area contributed by atoms with Crippen LogP contribution in [0.3, 0.4) is 0 Å². The highest BCUT2D eigenvalue weighted by atomic mass is 79.9. The van der Waals surface area contributed by atoms with Gasteiger partial charge in [-0.1, -0.05) is 28.1 Å². The highest BCUT2D eigenvalue weighted by molar-refractivity contribution is 9.10. The van der Waals surface area contributed by atoms with Crippen molar-refractivity contribution in [3.8, 4) is 17.0 Å². The Balaban J connectivity index is 2.53. The van der Waals surface area contributed by atoms with Crippen LogP contribution in [0.25, 0.3) is 11.3 Å². The number of hydrogen-bond acceptors (Lipinski definition) is 2. The molecular weight excluding hydrogens is 232 g/mol. The molecule has 0 atom stereocenters.